The van der Waals surface area contributed by atoms with Gasteiger partial charge in [-0.1, -0.05) is 61.5 Å². The second kappa shape index (κ2) is 8.90. The van der Waals surface area contributed by atoms with Crippen molar-refractivity contribution in [2.24, 2.45) is 0 Å². The van der Waals surface area contributed by atoms with Gasteiger partial charge < -0.3 is 14.8 Å². The lowest BCUT2D eigenvalue weighted by Gasteiger charge is -2.18. The number of hydrogen-bond acceptors (Lipinski definition) is 3. The third-order valence-corrected chi connectivity index (χ3v) is 4.10. The molecule has 0 bridgehead atoms. The van der Waals surface area contributed by atoms with E-state index in [-0.39, 0.29) is 5.91 Å². The first-order chi connectivity index (χ1) is 12.8. The highest BCUT2D eigenvalue weighted by molar-refractivity contribution is 5.89. The molecule has 0 spiro atoms. The number of ether oxygens (including phenoxy) is 2. The third-order valence-electron chi connectivity index (χ3n) is 4.10. The molecule has 0 aromatic heterocycles. The Morgan fingerprint density at radius 3 is 2.50 bits per heavy atom. The molecule has 4 heteroatoms. The zero-order valence-electron chi connectivity index (χ0n) is 14.9. The number of para-hydroxylation sites is 1. The second-order valence-corrected chi connectivity index (χ2v) is 5.94. The van der Waals surface area contributed by atoms with Gasteiger partial charge in [0, 0.05) is 5.39 Å². The van der Waals surface area contributed by atoms with Gasteiger partial charge in [-0.2, -0.15) is 0 Å². The summed E-state index contributed by atoms with van der Waals surface area (Å²) in [5.41, 5.74) is 0. The van der Waals surface area contributed by atoms with E-state index in [0.29, 0.717) is 19.6 Å². The first-order valence-corrected chi connectivity index (χ1v) is 8.88. The highest BCUT2D eigenvalue weighted by Gasteiger charge is 2.18. The Morgan fingerprint density at radius 1 is 0.962 bits per heavy atom. The summed E-state index contributed by atoms with van der Waals surface area (Å²) in [6.45, 7) is 2.79. The van der Waals surface area contributed by atoms with E-state index in [1.54, 1.807) is 0 Å². The molecule has 1 N–H and O–H groups in total. The summed E-state index contributed by atoms with van der Waals surface area (Å²) in [4.78, 5) is 12.4. The predicted molar refractivity (Wildman–Crippen MR) is 104 cm³/mol. The first-order valence-electron chi connectivity index (χ1n) is 8.88. The SMILES string of the molecule is CC[C@@H](Oc1cccc2ccccc12)C(=O)NCCOc1ccccc1. The lowest BCUT2D eigenvalue weighted by Crippen LogP contribution is -2.39. The van der Waals surface area contributed by atoms with Crippen molar-refractivity contribution >= 4 is 16.7 Å². The number of nitrogens with one attached hydrogen (secondary N) is 1. The van der Waals surface area contributed by atoms with Crippen LogP contribution in [0.2, 0.25) is 0 Å². The molecule has 3 rings (SSSR count). The molecule has 134 valence electrons. The van der Waals surface area contributed by atoms with Crippen LogP contribution in [0.4, 0.5) is 0 Å². The standard InChI is InChI=1S/C22H23NO3/c1-2-20(22(24)23-15-16-25-18-11-4-3-5-12-18)26-21-14-8-10-17-9-6-7-13-19(17)21/h3-14,20H,2,15-16H2,1H3,(H,23,24)/t20-/m1/s1. The average Bonchev–Trinajstić information content (AvgIpc) is 2.70. The predicted octanol–water partition coefficient (Wildman–Crippen LogP) is 4.19. The van der Waals surface area contributed by atoms with Crippen LogP contribution < -0.4 is 14.8 Å². The number of fused-ring (bicyclic) bond motifs is 1. The molecule has 1 atom stereocenters. The normalized spacial score (nSPS) is 11.7. The minimum absolute atomic E-state index is 0.128. The molecule has 0 saturated carbocycles. The molecule has 3 aromatic carbocycles. The summed E-state index contributed by atoms with van der Waals surface area (Å²) in [5.74, 6) is 1.39. The zero-order valence-corrected chi connectivity index (χ0v) is 14.9. The largest absolute Gasteiger partial charge is 0.492 e. The Bertz CT molecular complexity index is 843. The van der Waals surface area contributed by atoms with Gasteiger partial charge in [-0.05, 0) is 30.0 Å². The maximum Gasteiger partial charge on any atom is 0.261 e. The van der Waals surface area contributed by atoms with Crippen molar-refractivity contribution in [3.05, 3.63) is 72.8 Å². The molecule has 3 aromatic rings. The van der Waals surface area contributed by atoms with Crippen molar-refractivity contribution in [2.75, 3.05) is 13.2 Å². The number of carbonyl (C=O) groups excluding carboxylic acids is 1. The highest BCUT2D eigenvalue weighted by atomic mass is 16.5. The Balaban J connectivity index is 1.55. The van der Waals surface area contributed by atoms with Crippen LogP contribution in [0.1, 0.15) is 13.3 Å². The summed E-state index contributed by atoms with van der Waals surface area (Å²) >= 11 is 0. The van der Waals surface area contributed by atoms with E-state index in [9.17, 15) is 4.79 Å². The van der Waals surface area contributed by atoms with E-state index in [0.717, 1.165) is 22.3 Å². The van der Waals surface area contributed by atoms with Crippen LogP contribution in [0.5, 0.6) is 11.5 Å². The molecular formula is C22H23NO3. The first kappa shape index (κ1) is 17.8. The fourth-order valence-electron chi connectivity index (χ4n) is 2.75. The second-order valence-electron chi connectivity index (χ2n) is 5.94. The lowest BCUT2D eigenvalue weighted by molar-refractivity contribution is -0.128. The van der Waals surface area contributed by atoms with E-state index in [1.807, 2.05) is 79.7 Å². The van der Waals surface area contributed by atoms with Gasteiger partial charge in [0.2, 0.25) is 0 Å². The van der Waals surface area contributed by atoms with Gasteiger partial charge in [-0.15, -0.1) is 0 Å². The van der Waals surface area contributed by atoms with Crippen molar-refractivity contribution in [1.29, 1.82) is 0 Å². The summed E-state index contributed by atoms with van der Waals surface area (Å²) in [7, 11) is 0. The molecule has 0 unspecified atom stereocenters. The summed E-state index contributed by atoms with van der Waals surface area (Å²) in [5, 5.41) is 4.99. The molecule has 0 aliphatic heterocycles. The molecule has 26 heavy (non-hydrogen) atoms. The molecule has 0 saturated heterocycles. The molecular weight excluding hydrogens is 326 g/mol. The van der Waals surface area contributed by atoms with E-state index >= 15 is 0 Å². The van der Waals surface area contributed by atoms with Gasteiger partial charge in [-0.3, -0.25) is 4.79 Å². The van der Waals surface area contributed by atoms with Crippen LogP contribution in [-0.4, -0.2) is 25.2 Å². The third kappa shape index (κ3) is 4.54. The van der Waals surface area contributed by atoms with E-state index in [4.69, 9.17) is 9.47 Å². The lowest BCUT2D eigenvalue weighted by atomic mass is 10.1. The van der Waals surface area contributed by atoms with Crippen LogP contribution in [0.15, 0.2) is 72.8 Å². The summed E-state index contributed by atoms with van der Waals surface area (Å²) < 4.78 is 11.6. The van der Waals surface area contributed by atoms with Crippen molar-refractivity contribution in [3.63, 3.8) is 0 Å². The van der Waals surface area contributed by atoms with Crippen LogP contribution in [-0.2, 0) is 4.79 Å². The number of amides is 1. The van der Waals surface area contributed by atoms with Gasteiger partial charge in [0.1, 0.15) is 18.1 Å². The minimum atomic E-state index is -0.530. The molecule has 0 heterocycles. The number of carbonyl (C=O) groups is 1. The Morgan fingerprint density at radius 2 is 1.69 bits per heavy atom. The zero-order chi connectivity index (χ0) is 18.2. The topological polar surface area (TPSA) is 47.6 Å². The molecule has 0 radical (unpaired) electrons. The minimum Gasteiger partial charge on any atom is -0.492 e. The van der Waals surface area contributed by atoms with E-state index < -0.39 is 6.10 Å². The van der Waals surface area contributed by atoms with Gasteiger partial charge in [-0.25, -0.2) is 0 Å². The van der Waals surface area contributed by atoms with Gasteiger partial charge in [0.15, 0.2) is 6.10 Å². The fourth-order valence-corrected chi connectivity index (χ4v) is 2.75. The van der Waals surface area contributed by atoms with Gasteiger partial charge in [0.05, 0.1) is 6.54 Å². The maximum atomic E-state index is 12.4. The summed E-state index contributed by atoms with van der Waals surface area (Å²) in [6.07, 6.45) is 0.0618. The fraction of sp³-hybridized carbons (Fsp3) is 0.227. The Kier molecular flexibility index (Phi) is 6.09. The van der Waals surface area contributed by atoms with Crippen LogP contribution in [0, 0.1) is 0 Å². The van der Waals surface area contributed by atoms with Crippen molar-refractivity contribution < 1.29 is 14.3 Å². The smallest absolute Gasteiger partial charge is 0.261 e. The van der Waals surface area contributed by atoms with Crippen LogP contribution in [0.3, 0.4) is 0 Å². The quantitative estimate of drug-likeness (QED) is 0.620. The van der Waals surface area contributed by atoms with E-state index in [2.05, 4.69) is 5.32 Å². The van der Waals surface area contributed by atoms with Crippen molar-refractivity contribution in [1.82, 2.24) is 5.32 Å². The van der Waals surface area contributed by atoms with Crippen molar-refractivity contribution in [2.45, 2.75) is 19.4 Å². The highest BCUT2D eigenvalue weighted by Crippen LogP contribution is 2.26. The average molecular weight is 349 g/mol. The monoisotopic (exact) mass is 349 g/mol. The molecule has 0 fully saturated rings. The van der Waals surface area contributed by atoms with Gasteiger partial charge in [0.25, 0.3) is 5.91 Å². The Hall–Kier alpha value is -3.01. The van der Waals surface area contributed by atoms with Crippen LogP contribution >= 0.6 is 0 Å². The molecule has 4 nitrogen and oxygen atoms in total. The van der Waals surface area contributed by atoms with Gasteiger partial charge >= 0.3 is 0 Å². The molecule has 0 aliphatic carbocycles. The molecule has 1 amide bonds. The van der Waals surface area contributed by atoms with Crippen molar-refractivity contribution in [3.8, 4) is 11.5 Å². The Labute approximate surface area is 153 Å². The van der Waals surface area contributed by atoms with Crippen LogP contribution in [0.25, 0.3) is 10.8 Å². The maximum absolute atomic E-state index is 12.4. The van der Waals surface area contributed by atoms with E-state index in [1.165, 1.54) is 0 Å². The summed E-state index contributed by atoms with van der Waals surface area (Å²) in [6, 6.07) is 23.4. The molecule has 0 aliphatic rings. The number of rotatable bonds is 8. The number of benzene rings is 3. The number of hydrogen-bond donors (Lipinski definition) is 1.